The molecule has 1 aromatic carbocycles. The van der Waals surface area contributed by atoms with Crippen LogP contribution in [0, 0.1) is 4.77 Å². The predicted octanol–water partition coefficient (Wildman–Crippen LogP) is 4.66. The number of benzene rings is 1. The van der Waals surface area contributed by atoms with Crippen LogP contribution in [0.1, 0.15) is 50.0 Å². The molecule has 2 heterocycles. The maximum atomic E-state index is 12.5. The first-order valence-corrected chi connectivity index (χ1v) is 10.9. The molecule has 1 aromatic heterocycles. The van der Waals surface area contributed by atoms with E-state index in [1.807, 2.05) is 23.1 Å². The second-order valence-corrected chi connectivity index (χ2v) is 8.32. The van der Waals surface area contributed by atoms with Crippen LogP contribution in [0.25, 0.3) is 6.08 Å². The average molecular weight is 403 g/mol. The molecule has 27 heavy (non-hydrogen) atoms. The first-order valence-electron chi connectivity index (χ1n) is 9.27. The molecular weight excluding hydrogens is 376 g/mol. The molecule has 0 unspecified atom stereocenters. The van der Waals surface area contributed by atoms with E-state index in [1.165, 1.54) is 4.90 Å². The Hall–Kier alpha value is -1.86. The number of aromatic amines is 1. The number of H-pyrrole nitrogens is 1. The van der Waals surface area contributed by atoms with Gasteiger partial charge < -0.3 is 9.47 Å². The van der Waals surface area contributed by atoms with E-state index in [-0.39, 0.29) is 11.9 Å². The van der Waals surface area contributed by atoms with Gasteiger partial charge in [0.2, 0.25) is 5.91 Å². The van der Waals surface area contributed by atoms with Crippen LogP contribution >= 0.6 is 24.0 Å². The summed E-state index contributed by atoms with van der Waals surface area (Å²) in [6.07, 6.45) is 7.45. The minimum atomic E-state index is 0.0742. The van der Waals surface area contributed by atoms with Gasteiger partial charge in [0.1, 0.15) is 5.82 Å². The van der Waals surface area contributed by atoms with Crippen molar-refractivity contribution in [2.24, 2.45) is 0 Å². The summed E-state index contributed by atoms with van der Waals surface area (Å²) in [5.41, 5.74) is 1.04. The molecule has 0 aliphatic carbocycles. The molecule has 1 aliphatic rings. The maximum Gasteiger partial charge on any atom is 0.246 e. The molecule has 0 bridgehead atoms. The summed E-state index contributed by atoms with van der Waals surface area (Å²) in [7, 11) is 0. The molecule has 2 aromatic rings. The second kappa shape index (κ2) is 8.89. The zero-order valence-electron chi connectivity index (χ0n) is 16.0. The monoisotopic (exact) mass is 402 g/mol. The SMILES string of the molecule is CSc1ccc(/C=C/C(=O)N2CCC(c3n[nH]c(=S)n3C(C)C)CC2)cc1. The molecule has 0 radical (unpaired) electrons. The van der Waals surface area contributed by atoms with Gasteiger partial charge in [-0.05, 0) is 68.9 Å². The van der Waals surface area contributed by atoms with Crippen LogP contribution in [-0.2, 0) is 4.79 Å². The minimum absolute atomic E-state index is 0.0742. The molecule has 5 nitrogen and oxygen atoms in total. The van der Waals surface area contributed by atoms with Crippen molar-refractivity contribution >= 4 is 36.0 Å². The van der Waals surface area contributed by atoms with Gasteiger partial charge in [0.05, 0.1) is 0 Å². The number of nitrogens with one attached hydrogen (secondary N) is 1. The van der Waals surface area contributed by atoms with Gasteiger partial charge in [-0.3, -0.25) is 9.89 Å². The highest BCUT2D eigenvalue weighted by Crippen LogP contribution is 2.28. The molecule has 7 heteroatoms. The first-order chi connectivity index (χ1) is 13.0. The lowest BCUT2D eigenvalue weighted by Gasteiger charge is -2.31. The second-order valence-electron chi connectivity index (χ2n) is 7.06. The third-order valence-corrected chi connectivity index (χ3v) is 5.99. The van der Waals surface area contributed by atoms with E-state index in [0.29, 0.717) is 10.7 Å². The number of hydrogen-bond acceptors (Lipinski definition) is 4. The Morgan fingerprint density at radius 1 is 1.30 bits per heavy atom. The molecule has 0 atom stereocenters. The fraction of sp³-hybridized carbons (Fsp3) is 0.450. The number of thioether (sulfide) groups is 1. The summed E-state index contributed by atoms with van der Waals surface area (Å²) in [5, 5.41) is 7.37. The summed E-state index contributed by atoms with van der Waals surface area (Å²) >= 11 is 7.06. The van der Waals surface area contributed by atoms with E-state index in [4.69, 9.17) is 12.2 Å². The topological polar surface area (TPSA) is 53.9 Å². The van der Waals surface area contributed by atoms with E-state index >= 15 is 0 Å². The van der Waals surface area contributed by atoms with Crippen molar-refractivity contribution in [1.29, 1.82) is 0 Å². The molecule has 3 rings (SSSR count). The zero-order valence-corrected chi connectivity index (χ0v) is 17.6. The van der Waals surface area contributed by atoms with Gasteiger partial charge in [0, 0.05) is 36.0 Å². The lowest BCUT2D eigenvalue weighted by Crippen LogP contribution is -2.37. The van der Waals surface area contributed by atoms with Gasteiger partial charge in [-0.25, -0.2) is 0 Å². The fourth-order valence-corrected chi connectivity index (χ4v) is 4.21. The molecular formula is C20H26N4OS2. The number of nitrogens with zero attached hydrogens (tertiary/aromatic N) is 3. The van der Waals surface area contributed by atoms with Crippen molar-refractivity contribution in [1.82, 2.24) is 19.7 Å². The molecule has 1 amide bonds. The third-order valence-electron chi connectivity index (χ3n) is 4.95. The summed E-state index contributed by atoms with van der Waals surface area (Å²) in [4.78, 5) is 15.7. The molecule has 1 fully saturated rings. The Labute approximate surface area is 169 Å². The molecule has 1 aliphatic heterocycles. The minimum Gasteiger partial charge on any atom is -0.339 e. The van der Waals surface area contributed by atoms with E-state index in [2.05, 4.69) is 47.0 Å². The maximum absolute atomic E-state index is 12.5. The van der Waals surface area contributed by atoms with E-state index in [9.17, 15) is 4.79 Å². The highest BCUT2D eigenvalue weighted by molar-refractivity contribution is 7.98. The van der Waals surface area contributed by atoms with Gasteiger partial charge in [-0.15, -0.1) is 11.8 Å². The van der Waals surface area contributed by atoms with Gasteiger partial charge in [-0.1, -0.05) is 12.1 Å². The van der Waals surface area contributed by atoms with Crippen LogP contribution in [0.5, 0.6) is 0 Å². The Bertz CT molecular complexity index is 859. The predicted molar refractivity (Wildman–Crippen MR) is 114 cm³/mol. The van der Waals surface area contributed by atoms with Crippen LogP contribution in [0.15, 0.2) is 35.2 Å². The number of rotatable bonds is 5. The Morgan fingerprint density at radius 2 is 1.96 bits per heavy atom. The number of amides is 1. The summed E-state index contributed by atoms with van der Waals surface area (Å²) in [5.74, 6) is 1.43. The summed E-state index contributed by atoms with van der Waals surface area (Å²) < 4.78 is 2.77. The van der Waals surface area contributed by atoms with Gasteiger partial charge in [0.25, 0.3) is 0 Å². The van der Waals surface area contributed by atoms with Crippen LogP contribution in [-0.4, -0.2) is 44.9 Å². The van der Waals surface area contributed by atoms with Crippen LogP contribution in [0.2, 0.25) is 0 Å². The fourth-order valence-electron chi connectivity index (χ4n) is 3.45. The molecule has 1 N–H and O–H groups in total. The number of carbonyl (C=O) groups excluding carboxylic acids is 1. The highest BCUT2D eigenvalue weighted by atomic mass is 32.2. The summed E-state index contributed by atoms with van der Waals surface area (Å²) in [6.45, 7) is 5.72. The number of aromatic nitrogens is 3. The van der Waals surface area contributed by atoms with Crippen LogP contribution < -0.4 is 0 Å². The number of hydrogen-bond donors (Lipinski definition) is 1. The molecule has 0 spiro atoms. The Kier molecular flexibility index (Phi) is 6.55. The average Bonchev–Trinajstić information content (AvgIpc) is 3.08. The van der Waals surface area contributed by atoms with E-state index in [0.717, 1.165) is 37.3 Å². The normalized spacial score (nSPS) is 15.8. The Morgan fingerprint density at radius 3 is 2.56 bits per heavy atom. The smallest absolute Gasteiger partial charge is 0.246 e. The van der Waals surface area contributed by atoms with Crippen LogP contribution in [0.4, 0.5) is 0 Å². The molecule has 0 saturated carbocycles. The van der Waals surface area contributed by atoms with E-state index in [1.54, 1.807) is 17.8 Å². The third kappa shape index (κ3) is 4.71. The number of carbonyl (C=O) groups is 1. The lowest BCUT2D eigenvalue weighted by atomic mass is 9.95. The number of likely N-dealkylation sites (tertiary alicyclic amines) is 1. The van der Waals surface area contributed by atoms with Crippen molar-refractivity contribution in [3.8, 4) is 0 Å². The standard InChI is InChI=1S/C20H26N4OS2/c1-14(2)24-19(21-22-20(24)26)16-10-12-23(13-11-16)18(25)9-6-15-4-7-17(27-3)8-5-15/h4-9,14,16H,10-13H2,1-3H3,(H,22,26)/b9-6+. The van der Waals surface area contributed by atoms with Gasteiger partial charge >= 0.3 is 0 Å². The quantitative estimate of drug-likeness (QED) is 0.449. The van der Waals surface area contributed by atoms with Crippen molar-refractivity contribution in [3.63, 3.8) is 0 Å². The lowest BCUT2D eigenvalue weighted by molar-refractivity contribution is -0.127. The van der Waals surface area contributed by atoms with E-state index < -0.39 is 0 Å². The van der Waals surface area contributed by atoms with Crippen molar-refractivity contribution in [2.75, 3.05) is 19.3 Å². The Balaban J connectivity index is 1.59. The molecule has 144 valence electrons. The zero-order chi connectivity index (χ0) is 19.4. The highest BCUT2D eigenvalue weighted by Gasteiger charge is 2.26. The van der Waals surface area contributed by atoms with Crippen molar-refractivity contribution in [2.45, 2.75) is 43.5 Å². The summed E-state index contributed by atoms with van der Waals surface area (Å²) in [6, 6.07) is 8.50. The van der Waals surface area contributed by atoms with Gasteiger partial charge in [-0.2, -0.15) is 5.10 Å². The largest absolute Gasteiger partial charge is 0.339 e. The van der Waals surface area contributed by atoms with Gasteiger partial charge in [0.15, 0.2) is 4.77 Å². The van der Waals surface area contributed by atoms with Crippen molar-refractivity contribution in [3.05, 3.63) is 46.5 Å². The first kappa shape index (κ1) is 19.9. The van der Waals surface area contributed by atoms with Crippen molar-refractivity contribution < 1.29 is 4.79 Å². The number of piperidine rings is 1. The van der Waals surface area contributed by atoms with Crippen LogP contribution in [0.3, 0.4) is 0 Å². The molecule has 1 saturated heterocycles.